The zero-order chi connectivity index (χ0) is 15.6. The van der Waals surface area contributed by atoms with Crippen molar-refractivity contribution >= 4 is 21.6 Å². The fourth-order valence-corrected chi connectivity index (χ4v) is 4.24. The van der Waals surface area contributed by atoms with Gasteiger partial charge in [0, 0.05) is 5.02 Å². The Balaban J connectivity index is 1.67. The Morgan fingerprint density at radius 3 is 2.23 bits per heavy atom. The van der Waals surface area contributed by atoms with E-state index >= 15 is 0 Å². The van der Waals surface area contributed by atoms with E-state index in [4.69, 9.17) is 11.6 Å². The molecule has 3 nitrogen and oxygen atoms in total. The molecule has 0 aliphatic heterocycles. The Hall–Kier alpha value is -1.36. The van der Waals surface area contributed by atoms with Gasteiger partial charge in [0.05, 0.1) is 11.3 Å². The summed E-state index contributed by atoms with van der Waals surface area (Å²) in [6.45, 7) is 0. The van der Waals surface area contributed by atoms with Crippen molar-refractivity contribution in [3.8, 4) is 0 Å². The van der Waals surface area contributed by atoms with Crippen molar-refractivity contribution in [3.05, 3.63) is 70.7 Å². The lowest BCUT2D eigenvalue weighted by atomic mass is 10.1. The monoisotopic (exact) mass is 335 g/mol. The standard InChI is InChI=1S/C17H18ClNO2S/c18-16-8-6-15(7-9-16)17(11-12-17)19-22(20,21)13-10-14-4-2-1-3-5-14/h1-9,19H,10-13H2. The second kappa shape index (κ2) is 6.03. The summed E-state index contributed by atoms with van der Waals surface area (Å²) in [5.41, 5.74) is 1.59. The minimum atomic E-state index is -3.32. The van der Waals surface area contributed by atoms with Gasteiger partial charge < -0.3 is 0 Å². The van der Waals surface area contributed by atoms with Gasteiger partial charge in [-0.15, -0.1) is 0 Å². The van der Waals surface area contributed by atoms with Gasteiger partial charge in [0.1, 0.15) is 0 Å². The van der Waals surface area contributed by atoms with Crippen LogP contribution in [0.1, 0.15) is 24.0 Å². The first-order valence-corrected chi connectivity index (χ1v) is 9.34. The van der Waals surface area contributed by atoms with Crippen molar-refractivity contribution < 1.29 is 8.42 Å². The first-order valence-electron chi connectivity index (χ1n) is 7.31. The first kappa shape index (κ1) is 15.5. The average Bonchev–Trinajstić information content (AvgIpc) is 3.27. The molecule has 22 heavy (non-hydrogen) atoms. The van der Waals surface area contributed by atoms with Crippen LogP contribution in [0.15, 0.2) is 54.6 Å². The van der Waals surface area contributed by atoms with Gasteiger partial charge >= 0.3 is 0 Å². The summed E-state index contributed by atoms with van der Waals surface area (Å²) in [6, 6.07) is 17.1. The largest absolute Gasteiger partial charge is 0.212 e. The van der Waals surface area contributed by atoms with E-state index in [1.54, 1.807) is 12.1 Å². The van der Waals surface area contributed by atoms with Gasteiger partial charge in [-0.05, 0) is 42.5 Å². The van der Waals surface area contributed by atoms with Gasteiger partial charge in [0.25, 0.3) is 0 Å². The highest BCUT2D eigenvalue weighted by molar-refractivity contribution is 7.89. The van der Waals surface area contributed by atoms with Gasteiger partial charge in [-0.1, -0.05) is 54.1 Å². The number of halogens is 1. The molecule has 0 unspecified atom stereocenters. The minimum Gasteiger partial charge on any atom is -0.212 e. The smallest absolute Gasteiger partial charge is 0.212 e. The van der Waals surface area contributed by atoms with Crippen molar-refractivity contribution in [3.63, 3.8) is 0 Å². The topological polar surface area (TPSA) is 46.2 Å². The molecule has 1 saturated carbocycles. The van der Waals surface area contributed by atoms with Gasteiger partial charge in [0.2, 0.25) is 10.0 Å². The number of nitrogens with one attached hydrogen (secondary N) is 1. The maximum Gasteiger partial charge on any atom is 0.212 e. The molecule has 0 atom stereocenters. The fourth-order valence-electron chi connectivity index (χ4n) is 2.59. The molecule has 5 heteroatoms. The summed E-state index contributed by atoms with van der Waals surface area (Å²) in [5, 5.41) is 0.659. The summed E-state index contributed by atoms with van der Waals surface area (Å²) >= 11 is 5.89. The van der Waals surface area contributed by atoms with Crippen LogP contribution in [0.5, 0.6) is 0 Å². The molecule has 0 aromatic heterocycles. The second-order valence-corrected chi connectivity index (χ2v) is 8.02. The number of hydrogen-bond donors (Lipinski definition) is 1. The zero-order valence-electron chi connectivity index (χ0n) is 12.1. The first-order chi connectivity index (χ1) is 10.5. The summed E-state index contributed by atoms with van der Waals surface area (Å²) in [4.78, 5) is 0. The van der Waals surface area contributed by atoms with E-state index in [1.807, 2.05) is 42.5 Å². The molecular formula is C17H18ClNO2S. The molecule has 0 saturated heterocycles. The van der Waals surface area contributed by atoms with Gasteiger partial charge in [0.15, 0.2) is 0 Å². The van der Waals surface area contributed by atoms with E-state index < -0.39 is 15.6 Å². The van der Waals surface area contributed by atoms with E-state index in [9.17, 15) is 8.42 Å². The third-order valence-corrected chi connectivity index (χ3v) is 5.70. The third kappa shape index (κ3) is 3.69. The maximum absolute atomic E-state index is 12.4. The average molecular weight is 336 g/mol. The molecular weight excluding hydrogens is 318 g/mol. The van der Waals surface area contributed by atoms with E-state index in [0.29, 0.717) is 11.4 Å². The van der Waals surface area contributed by atoms with Crippen LogP contribution in [-0.2, 0) is 22.0 Å². The molecule has 2 aromatic rings. The van der Waals surface area contributed by atoms with Crippen LogP contribution < -0.4 is 4.72 Å². The highest BCUT2D eigenvalue weighted by atomic mass is 35.5. The molecule has 0 heterocycles. The molecule has 0 bridgehead atoms. The van der Waals surface area contributed by atoms with Gasteiger partial charge in [-0.2, -0.15) is 0 Å². The summed E-state index contributed by atoms with van der Waals surface area (Å²) in [7, 11) is -3.32. The summed E-state index contributed by atoms with van der Waals surface area (Å²) in [5.74, 6) is 0.104. The molecule has 1 fully saturated rings. The molecule has 1 aliphatic rings. The SMILES string of the molecule is O=S(=O)(CCc1ccccc1)NC1(c2ccc(Cl)cc2)CC1. The fraction of sp³-hybridized carbons (Fsp3) is 0.294. The number of rotatable bonds is 6. The number of aryl methyl sites for hydroxylation is 1. The number of benzene rings is 2. The van der Waals surface area contributed by atoms with Crippen LogP contribution in [0.3, 0.4) is 0 Å². The van der Waals surface area contributed by atoms with Gasteiger partial charge in [-0.3, -0.25) is 0 Å². The lowest BCUT2D eigenvalue weighted by molar-refractivity contribution is 0.551. The van der Waals surface area contributed by atoms with Crippen LogP contribution in [-0.4, -0.2) is 14.2 Å². The Labute approximate surface area is 136 Å². The molecule has 0 spiro atoms. The van der Waals surface area contributed by atoms with Crippen molar-refractivity contribution in [1.82, 2.24) is 4.72 Å². The van der Waals surface area contributed by atoms with E-state index in [-0.39, 0.29) is 5.75 Å². The molecule has 1 aliphatic carbocycles. The molecule has 0 radical (unpaired) electrons. The van der Waals surface area contributed by atoms with E-state index in [2.05, 4.69) is 4.72 Å². The Morgan fingerprint density at radius 2 is 1.64 bits per heavy atom. The van der Waals surface area contributed by atoms with Crippen molar-refractivity contribution in [2.24, 2.45) is 0 Å². The van der Waals surface area contributed by atoms with Gasteiger partial charge in [-0.25, -0.2) is 13.1 Å². The Bertz CT molecular complexity index is 738. The van der Waals surface area contributed by atoms with Crippen LogP contribution >= 0.6 is 11.6 Å². The van der Waals surface area contributed by atoms with Crippen LogP contribution in [0.4, 0.5) is 0 Å². The molecule has 0 amide bonds. The summed E-state index contributed by atoms with van der Waals surface area (Å²) in [6.07, 6.45) is 2.19. The molecule has 3 rings (SSSR count). The number of sulfonamides is 1. The minimum absolute atomic E-state index is 0.104. The highest BCUT2D eigenvalue weighted by Gasteiger charge is 2.47. The predicted octanol–water partition coefficient (Wildman–Crippen LogP) is 3.49. The normalized spacial score (nSPS) is 16.4. The zero-order valence-corrected chi connectivity index (χ0v) is 13.7. The maximum atomic E-state index is 12.4. The van der Waals surface area contributed by atoms with E-state index in [0.717, 1.165) is 24.0 Å². The van der Waals surface area contributed by atoms with Crippen LogP contribution in [0.25, 0.3) is 0 Å². The van der Waals surface area contributed by atoms with Crippen molar-refractivity contribution in [1.29, 1.82) is 0 Å². The quantitative estimate of drug-likeness (QED) is 0.878. The van der Waals surface area contributed by atoms with Crippen LogP contribution in [0.2, 0.25) is 5.02 Å². The molecule has 116 valence electrons. The lowest BCUT2D eigenvalue weighted by Gasteiger charge is -2.18. The third-order valence-electron chi connectivity index (χ3n) is 4.00. The molecule has 2 aromatic carbocycles. The Morgan fingerprint density at radius 1 is 1.00 bits per heavy atom. The van der Waals surface area contributed by atoms with Crippen LogP contribution in [0, 0.1) is 0 Å². The highest BCUT2D eigenvalue weighted by Crippen LogP contribution is 2.46. The lowest BCUT2D eigenvalue weighted by Crippen LogP contribution is -2.36. The Kier molecular flexibility index (Phi) is 4.26. The second-order valence-electron chi connectivity index (χ2n) is 5.75. The molecule has 1 N–H and O–H groups in total. The summed E-state index contributed by atoms with van der Waals surface area (Å²) < 4.78 is 27.6. The van der Waals surface area contributed by atoms with Crippen molar-refractivity contribution in [2.75, 3.05) is 5.75 Å². The van der Waals surface area contributed by atoms with E-state index in [1.165, 1.54) is 0 Å². The number of hydrogen-bond acceptors (Lipinski definition) is 2. The van der Waals surface area contributed by atoms with Crippen molar-refractivity contribution in [2.45, 2.75) is 24.8 Å². The predicted molar refractivity (Wildman–Crippen MR) is 89.4 cm³/mol.